The van der Waals surface area contributed by atoms with E-state index in [1.165, 1.54) is 0 Å². The van der Waals surface area contributed by atoms with Gasteiger partial charge in [-0.1, -0.05) is 0 Å². The molecule has 2 aromatic heterocycles. The van der Waals surface area contributed by atoms with Gasteiger partial charge in [0.25, 0.3) is 0 Å². The van der Waals surface area contributed by atoms with E-state index >= 15 is 0 Å². The first kappa shape index (κ1) is 12.0. The van der Waals surface area contributed by atoms with Gasteiger partial charge < -0.3 is 10.5 Å². The topological polar surface area (TPSA) is 78.8 Å². The van der Waals surface area contributed by atoms with Crippen molar-refractivity contribution < 1.29 is 4.74 Å². The number of hydrogen-bond donors (Lipinski definition) is 1. The van der Waals surface area contributed by atoms with Crippen LogP contribution in [0.15, 0.2) is 23.1 Å². The summed E-state index contributed by atoms with van der Waals surface area (Å²) in [6.45, 7) is 0.532. The van der Waals surface area contributed by atoms with Gasteiger partial charge in [-0.3, -0.25) is 4.57 Å². The van der Waals surface area contributed by atoms with Gasteiger partial charge in [0.1, 0.15) is 5.82 Å². The summed E-state index contributed by atoms with van der Waals surface area (Å²) in [7, 11) is 1.56. The summed E-state index contributed by atoms with van der Waals surface area (Å²) in [6, 6.07) is 0. The average molecular weight is 298 g/mol. The maximum atomic E-state index is 5.52. The molecule has 17 heavy (non-hydrogen) atoms. The number of nitrogens with zero attached hydrogens (tertiary/aromatic N) is 4. The third-order valence-electron chi connectivity index (χ3n) is 2.19. The minimum atomic E-state index is 0.488. The quantitative estimate of drug-likeness (QED) is 0.908. The Morgan fingerprint density at radius 3 is 3.00 bits per heavy atom. The first-order chi connectivity index (χ1) is 8.26. The normalized spacial score (nSPS) is 10.5. The summed E-state index contributed by atoms with van der Waals surface area (Å²) in [5, 5.41) is 0. The lowest BCUT2D eigenvalue weighted by Gasteiger charge is -2.07. The van der Waals surface area contributed by atoms with Crippen molar-refractivity contribution in [3.8, 4) is 11.8 Å². The molecule has 90 valence electrons. The molecular formula is C10H12BrN5O. The molecule has 0 aromatic carbocycles. The molecule has 2 aromatic rings. The Morgan fingerprint density at radius 1 is 1.47 bits per heavy atom. The Balaban J connectivity index is 2.42. The molecule has 0 fully saturated rings. The molecule has 6 nitrogen and oxygen atoms in total. The fourth-order valence-corrected chi connectivity index (χ4v) is 1.79. The molecule has 0 amide bonds. The van der Waals surface area contributed by atoms with Crippen LogP contribution in [0.1, 0.15) is 5.82 Å². The molecule has 0 bridgehead atoms. The van der Waals surface area contributed by atoms with Gasteiger partial charge in [0.15, 0.2) is 0 Å². The van der Waals surface area contributed by atoms with Crippen LogP contribution in [0.5, 0.6) is 5.88 Å². The second-order valence-electron chi connectivity index (χ2n) is 3.28. The molecular weight excluding hydrogens is 286 g/mol. The highest BCUT2D eigenvalue weighted by Gasteiger charge is 2.10. The number of ether oxygens (including phenoxy) is 1. The van der Waals surface area contributed by atoms with Crippen molar-refractivity contribution in [2.45, 2.75) is 6.42 Å². The molecule has 0 spiro atoms. The standard InChI is InChI=1S/C10H12BrN5O/c1-17-9-7(11)6-14-10(15-9)16-5-4-13-8(16)2-3-12/h4-6H,2-3,12H2,1H3. The molecule has 2 N–H and O–H groups in total. The van der Waals surface area contributed by atoms with Crippen molar-refractivity contribution in [2.75, 3.05) is 13.7 Å². The van der Waals surface area contributed by atoms with E-state index in [1.54, 1.807) is 30.3 Å². The zero-order chi connectivity index (χ0) is 12.3. The molecule has 0 radical (unpaired) electrons. The van der Waals surface area contributed by atoms with Crippen molar-refractivity contribution in [2.24, 2.45) is 5.73 Å². The van der Waals surface area contributed by atoms with E-state index in [1.807, 2.05) is 0 Å². The van der Waals surface area contributed by atoms with Crippen LogP contribution in [-0.2, 0) is 6.42 Å². The first-order valence-electron chi connectivity index (χ1n) is 5.05. The third kappa shape index (κ3) is 2.45. The fraction of sp³-hybridized carbons (Fsp3) is 0.300. The van der Waals surface area contributed by atoms with E-state index in [2.05, 4.69) is 30.9 Å². The van der Waals surface area contributed by atoms with Gasteiger partial charge in [-0.2, -0.15) is 4.98 Å². The first-order valence-corrected chi connectivity index (χ1v) is 5.84. The predicted molar refractivity (Wildman–Crippen MR) is 66.2 cm³/mol. The Hall–Kier alpha value is -1.47. The van der Waals surface area contributed by atoms with Crippen LogP contribution in [0.4, 0.5) is 0 Å². The average Bonchev–Trinajstić information content (AvgIpc) is 2.78. The second kappa shape index (κ2) is 5.24. The van der Waals surface area contributed by atoms with Gasteiger partial charge in [0, 0.05) is 18.8 Å². The number of aromatic nitrogens is 4. The van der Waals surface area contributed by atoms with Gasteiger partial charge in [-0.25, -0.2) is 9.97 Å². The van der Waals surface area contributed by atoms with Crippen molar-refractivity contribution >= 4 is 15.9 Å². The Labute approximate surface area is 107 Å². The van der Waals surface area contributed by atoms with Crippen molar-refractivity contribution in [1.29, 1.82) is 0 Å². The molecule has 0 aliphatic carbocycles. The van der Waals surface area contributed by atoms with Gasteiger partial charge >= 0.3 is 0 Å². The Morgan fingerprint density at radius 2 is 2.29 bits per heavy atom. The molecule has 0 aliphatic heterocycles. The van der Waals surface area contributed by atoms with E-state index in [4.69, 9.17) is 10.5 Å². The van der Waals surface area contributed by atoms with E-state index in [9.17, 15) is 0 Å². The highest BCUT2D eigenvalue weighted by molar-refractivity contribution is 9.10. The maximum Gasteiger partial charge on any atom is 0.238 e. The summed E-state index contributed by atoms with van der Waals surface area (Å²) >= 11 is 3.31. The van der Waals surface area contributed by atoms with Gasteiger partial charge in [-0.05, 0) is 22.5 Å². The smallest absolute Gasteiger partial charge is 0.238 e. The number of halogens is 1. The number of rotatable bonds is 4. The lowest BCUT2D eigenvalue weighted by atomic mass is 10.4. The van der Waals surface area contributed by atoms with Crippen LogP contribution in [0.3, 0.4) is 0 Å². The van der Waals surface area contributed by atoms with E-state index in [0.717, 1.165) is 5.82 Å². The highest BCUT2D eigenvalue weighted by atomic mass is 79.9. The summed E-state index contributed by atoms with van der Waals surface area (Å²) in [5.41, 5.74) is 5.52. The van der Waals surface area contributed by atoms with Crippen LogP contribution in [0, 0.1) is 0 Å². The number of hydrogen-bond acceptors (Lipinski definition) is 5. The van der Waals surface area contributed by atoms with E-state index < -0.39 is 0 Å². The third-order valence-corrected chi connectivity index (χ3v) is 2.74. The van der Waals surface area contributed by atoms with Crippen molar-refractivity contribution in [3.63, 3.8) is 0 Å². The molecule has 2 heterocycles. The van der Waals surface area contributed by atoms with Crippen molar-refractivity contribution in [3.05, 3.63) is 28.9 Å². The van der Waals surface area contributed by atoms with Gasteiger partial charge in [0.05, 0.1) is 17.8 Å². The molecule has 0 saturated carbocycles. The molecule has 0 unspecified atom stereocenters. The largest absolute Gasteiger partial charge is 0.480 e. The summed E-state index contributed by atoms with van der Waals surface area (Å²) in [4.78, 5) is 12.7. The lowest BCUT2D eigenvalue weighted by molar-refractivity contribution is 0.393. The zero-order valence-corrected chi connectivity index (χ0v) is 10.9. The molecule has 7 heteroatoms. The Kier molecular flexibility index (Phi) is 3.70. The summed E-state index contributed by atoms with van der Waals surface area (Å²) in [6.07, 6.45) is 5.82. The van der Waals surface area contributed by atoms with Crippen LogP contribution in [-0.4, -0.2) is 33.2 Å². The monoisotopic (exact) mass is 297 g/mol. The highest BCUT2D eigenvalue weighted by Crippen LogP contribution is 2.21. The van der Waals surface area contributed by atoms with Gasteiger partial charge in [-0.15, -0.1) is 0 Å². The summed E-state index contributed by atoms with van der Waals surface area (Å²) < 4.78 is 7.63. The number of methoxy groups -OCH3 is 1. The predicted octanol–water partition coefficient (Wildman–Crippen LogP) is 0.935. The number of nitrogens with two attached hydrogens (primary N) is 1. The fourth-order valence-electron chi connectivity index (χ4n) is 1.43. The number of imidazole rings is 1. The van der Waals surface area contributed by atoms with Crippen LogP contribution >= 0.6 is 15.9 Å². The van der Waals surface area contributed by atoms with E-state index in [0.29, 0.717) is 29.3 Å². The second-order valence-corrected chi connectivity index (χ2v) is 4.13. The minimum Gasteiger partial charge on any atom is -0.480 e. The van der Waals surface area contributed by atoms with E-state index in [-0.39, 0.29) is 0 Å². The Bertz CT molecular complexity index is 513. The van der Waals surface area contributed by atoms with Crippen LogP contribution < -0.4 is 10.5 Å². The van der Waals surface area contributed by atoms with Crippen LogP contribution in [0.25, 0.3) is 5.95 Å². The lowest BCUT2D eigenvalue weighted by Crippen LogP contribution is -2.11. The van der Waals surface area contributed by atoms with Gasteiger partial charge in [0.2, 0.25) is 11.8 Å². The van der Waals surface area contributed by atoms with Crippen LogP contribution in [0.2, 0.25) is 0 Å². The minimum absolute atomic E-state index is 0.488. The molecule has 0 saturated heterocycles. The molecule has 0 atom stereocenters. The SMILES string of the molecule is COc1nc(-n2ccnc2CCN)ncc1Br. The maximum absolute atomic E-state index is 5.52. The zero-order valence-electron chi connectivity index (χ0n) is 9.30. The molecule has 0 aliphatic rings. The summed E-state index contributed by atoms with van der Waals surface area (Å²) in [5.74, 6) is 1.84. The van der Waals surface area contributed by atoms with Crippen molar-refractivity contribution in [1.82, 2.24) is 19.5 Å². The molecule has 2 rings (SSSR count).